The van der Waals surface area contributed by atoms with E-state index in [0.717, 1.165) is 40.2 Å². The predicted octanol–water partition coefficient (Wildman–Crippen LogP) is 3.20. The second-order valence-electron chi connectivity index (χ2n) is 8.00. The average Bonchev–Trinajstić information content (AvgIpc) is 3.23. The lowest BCUT2D eigenvalue weighted by atomic mass is 10.1. The minimum absolute atomic E-state index is 0.0249. The molecule has 1 N–H and O–H groups in total. The number of nitrogens with one attached hydrogen (secondary N) is 1. The van der Waals surface area contributed by atoms with Crippen LogP contribution in [0.15, 0.2) is 36.4 Å². The molecule has 1 fully saturated rings. The number of hydrogen-bond donors (Lipinski definition) is 1. The Morgan fingerprint density at radius 2 is 1.79 bits per heavy atom. The van der Waals surface area contributed by atoms with E-state index in [0.29, 0.717) is 13.1 Å². The van der Waals surface area contributed by atoms with Crippen molar-refractivity contribution in [1.82, 2.24) is 0 Å². The van der Waals surface area contributed by atoms with Crippen LogP contribution in [0, 0.1) is 19.8 Å². The van der Waals surface area contributed by atoms with Crippen molar-refractivity contribution in [2.45, 2.75) is 33.6 Å². The molecule has 0 aliphatic carbocycles. The van der Waals surface area contributed by atoms with E-state index in [2.05, 4.69) is 11.4 Å². The van der Waals surface area contributed by atoms with Gasteiger partial charge in [0.05, 0.1) is 5.92 Å². The van der Waals surface area contributed by atoms with Crippen molar-refractivity contribution in [2.75, 3.05) is 28.2 Å². The fourth-order valence-corrected chi connectivity index (χ4v) is 4.31. The molecule has 0 spiro atoms. The molecule has 0 saturated carbocycles. The number of carbonyl (C=O) groups excluding carboxylic acids is 3. The van der Waals surface area contributed by atoms with Crippen molar-refractivity contribution in [3.05, 3.63) is 53.1 Å². The smallest absolute Gasteiger partial charge is 0.229 e. The molecule has 4 rings (SSSR count). The molecule has 3 amide bonds. The SMILES string of the molecule is CC(=O)N1CCc2cc(N3C[C@H](C(=O)Nc4cc(C)cc(C)c4)CC3=O)ccc21. The highest BCUT2D eigenvalue weighted by atomic mass is 16.2. The molecule has 6 heteroatoms. The molecule has 29 heavy (non-hydrogen) atoms. The first-order valence-electron chi connectivity index (χ1n) is 9.92. The standard InChI is InChI=1S/C23H25N3O3/c1-14-8-15(2)10-19(9-14)24-23(29)18-12-22(28)26(13-18)20-4-5-21-17(11-20)6-7-25(21)16(3)27/h4-5,8-11,18H,6-7,12-13H2,1-3H3,(H,24,29)/t18-/m1/s1. The van der Waals surface area contributed by atoms with Gasteiger partial charge in [0.15, 0.2) is 0 Å². The molecule has 1 saturated heterocycles. The minimum Gasteiger partial charge on any atom is -0.326 e. The molecule has 2 aliphatic rings. The summed E-state index contributed by atoms with van der Waals surface area (Å²) in [7, 11) is 0. The normalized spacial score (nSPS) is 18.2. The highest BCUT2D eigenvalue weighted by Gasteiger charge is 2.36. The summed E-state index contributed by atoms with van der Waals surface area (Å²) >= 11 is 0. The lowest BCUT2D eigenvalue weighted by Gasteiger charge is -2.19. The van der Waals surface area contributed by atoms with Gasteiger partial charge in [-0.05, 0) is 67.3 Å². The monoisotopic (exact) mass is 391 g/mol. The Morgan fingerprint density at radius 3 is 2.48 bits per heavy atom. The number of fused-ring (bicyclic) bond motifs is 1. The second kappa shape index (κ2) is 7.35. The Hall–Kier alpha value is -3.15. The fraction of sp³-hybridized carbons (Fsp3) is 0.348. The molecule has 0 bridgehead atoms. The van der Waals surface area contributed by atoms with Gasteiger partial charge in [0.25, 0.3) is 0 Å². The number of nitrogens with zero attached hydrogens (tertiary/aromatic N) is 2. The van der Waals surface area contributed by atoms with Crippen LogP contribution in [0.1, 0.15) is 30.0 Å². The zero-order valence-corrected chi connectivity index (χ0v) is 17.0. The number of amides is 3. The van der Waals surface area contributed by atoms with Gasteiger partial charge in [-0.3, -0.25) is 14.4 Å². The van der Waals surface area contributed by atoms with E-state index in [1.54, 1.807) is 16.7 Å². The van der Waals surface area contributed by atoms with E-state index in [9.17, 15) is 14.4 Å². The van der Waals surface area contributed by atoms with E-state index in [-0.39, 0.29) is 30.1 Å². The van der Waals surface area contributed by atoms with Gasteiger partial charge in [-0.25, -0.2) is 0 Å². The third-order valence-electron chi connectivity index (χ3n) is 5.64. The second-order valence-corrected chi connectivity index (χ2v) is 8.00. The molecule has 0 aromatic heterocycles. The maximum atomic E-state index is 12.7. The lowest BCUT2D eigenvalue weighted by molar-refractivity contribution is -0.122. The summed E-state index contributed by atoms with van der Waals surface area (Å²) < 4.78 is 0. The summed E-state index contributed by atoms with van der Waals surface area (Å²) in [6, 6.07) is 11.6. The topological polar surface area (TPSA) is 69.7 Å². The van der Waals surface area contributed by atoms with Crippen LogP contribution in [-0.2, 0) is 20.8 Å². The molecule has 2 aliphatic heterocycles. The summed E-state index contributed by atoms with van der Waals surface area (Å²) in [5.74, 6) is -0.538. The first-order valence-corrected chi connectivity index (χ1v) is 9.92. The highest BCUT2D eigenvalue weighted by Crippen LogP contribution is 2.34. The van der Waals surface area contributed by atoms with Gasteiger partial charge in [-0.1, -0.05) is 6.07 Å². The molecular formula is C23H25N3O3. The Morgan fingerprint density at radius 1 is 1.07 bits per heavy atom. The van der Waals surface area contributed by atoms with Gasteiger partial charge in [0.2, 0.25) is 17.7 Å². The number of rotatable bonds is 3. The number of hydrogen-bond acceptors (Lipinski definition) is 3. The number of benzene rings is 2. The Balaban J connectivity index is 1.48. The number of anilines is 3. The Kier molecular flexibility index (Phi) is 4.86. The quantitative estimate of drug-likeness (QED) is 0.874. The molecule has 150 valence electrons. The van der Waals surface area contributed by atoms with Crippen LogP contribution in [0.2, 0.25) is 0 Å². The van der Waals surface area contributed by atoms with Gasteiger partial charge < -0.3 is 15.1 Å². The Labute approximate surface area is 170 Å². The molecule has 2 heterocycles. The largest absolute Gasteiger partial charge is 0.326 e. The van der Waals surface area contributed by atoms with Crippen LogP contribution >= 0.6 is 0 Å². The van der Waals surface area contributed by atoms with Crippen LogP contribution in [-0.4, -0.2) is 30.8 Å². The van der Waals surface area contributed by atoms with Crippen LogP contribution in [0.4, 0.5) is 17.1 Å². The first-order chi connectivity index (χ1) is 13.8. The van der Waals surface area contributed by atoms with E-state index < -0.39 is 0 Å². The number of carbonyl (C=O) groups is 3. The summed E-state index contributed by atoms with van der Waals surface area (Å²) in [4.78, 5) is 40.5. The fourth-order valence-electron chi connectivity index (χ4n) is 4.31. The molecule has 2 aromatic rings. The van der Waals surface area contributed by atoms with Gasteiger partial charge in [-0.2, -0.15) is 0 Å². The van der Waals surface area contributed by atoms with E-state index in [1.807, 2.05) is 44.2 Å². The van der Waals surface area contributed by atoms with Gasteiger partial charge in [-0.15, -0.1) is 0 Å². The molecule has 6 nitrogen and oxygen atoms in total. The van der Waals surface area contributed by atoms with Gasteiger partial charge in [0.1, 0.15) is 0 Å². The van der Waals surface area contributed by atoms with Crippen LogP contribution < -0.4 is 15.1 Å². The predicted molar refractivity (Wildman–Crippen MR) is 113 cm³/mol. The lowest BCUT2D eigenvalue weighted by Crippen LogP contribution is -2.28. The van der Waals surface area contributed by atoms with E-state index in [1.165, 1.54) is 0 Å². The zero-order valence-electron chi connectivity index (χ0n) is 17.0. The molecule has 2 aromatic carbocycles. The van der Waals surface area contributed by atoms with Gasteiger partial charge >= 0.3 is 0 Å². The van der Waals surface area contributed by atoms with Crippen molar-refractivity contribution >= 4 is 34.8 Å². The molecule has 0 unspecified atom stereocenters. The molecule has 1 atom stereocenters. The third-order valence-corrected chi connectivity index (χ3v) is 5.64. The summed E-state index contributed by atoms with van der Waals surface area (Å²) in [6.45, 7) is 6.58. The van der Waals surface area contributed by atoms with Crippen molar-refractivity contribution in [3.63, 3.8) is 0 Å². The first kappa shape index (κ1) is 19.2. The van der Waals surface area contributed by atoms with E-state index in [4.69, 9.17) is 0 Å². The van der Waals surface area contributed by atoms with Crippen LogP contribution in [0.25, 0.3) is 0 Å². The third kappa shape index (κ3) is 3.75. The molecule has 0 radical (unpaired) electrons. The van der Waals surface area contributed by atoms with Crippen molar-refractivity contribution in [3.8, 4) is 0 Å². The molecular weight excluding hydrogens is 366 g/mol. The van der Waals surface area contributed by atoms with Crippen molar-refractivity contribution in [2.24, 2.45) is 5.92 Å². The van der Waals surface area contributed by atoms with Crippen molar-refractivity contribution in [1.29, 1.82) is 0 Å². The summed E-state index contributed by atoms with van der Waals surface area (Å²) in [6.07, 6.45) is 0.981. The average molecular weight is 391 g/mol. The number of aryl methyl sites for hydroxylation is 2. The summed E-state index contributed by atoms with van der Waals surface area (Å²) in [5, 5.41) is 2.96. The Bertz CT molecular complexity index is 994. The minimum atomic E-state index is -0.384. The highest BCUT2D eigenvalue weighted by molar-refractivity contribution is 6.04. The van der Waals surface area contributed by atoms with Gasteiger partial charge in [0, 0.05) is 43.5 Å². The van der Waals surface area contributed by atoms with Crippen LogP contribution in [0.3, 0.4) is 0 Å². The van der Waals surface area contributed by atoms with Crippen LogP contribution in [0.5, 0.6) is 0 Å². The summed E-state index contributed by atoms with van der Waals surface area (Å²) in [5.41, 5.74) is 5.70. The maximum Gasteiger partial charge on any atom is 0.229 e. The zero-order chi connectivity index (χ0) is 20.7. The maximum absolute atomic E-state index is 12.7. The van der Waals surface area contributed by atoms with Crippen molar-refractivity contribution < 1.29 is 14.4 Å². The van der Waals surface area contributed by atoms with E-state index >= 15 is 0 Å².